The van der Waals surface area contributed by atoms with Crippen molar-refractivity contribution in [1.29, 1.82) is 0 Å². The van der Waals surface area contributed by atoms with Gasteiger partial charge in [-0.25, -0.2) is 0 Å². The van der Waals surface area contributed by atoms with Crippen LogP contribution in [0.25, 0.3) is 0 Å². The third-order valence-corrected chi connectivity index (χ3v) is 10.5. The lowest BCUT2D eigenvalue weighted by Gasteiger charge is -2.27. The summed E-state index contributed by atoms with van der Waals surface area (Å²) in [5.41, 5.74) is 0. The van der Waals surface area contributed by atoms with E-state index in [4.69, 9.17) is 4.74 Å². The van der Waals surface area contributed by atoms with Gasteiger partial charge in [0.15, 0.2) is 0 Å². The Bertz CT molecular complexity index is 804. The predicted molar refractivity (Wildman–Crippen MR) is 145 cm³/mol. The fourth-order valence-corrected chi connectivity index (χ4v) is 8.72. The molecule has 0 aromatic heterocycles. The van der Waals surface area contributed by atoms with E-state index < -0.39 is 7.26 Å². The maximum Gasteiger partial charge on any atom is 0.305 e. The third-order valence-electron chi connectivity index (χ3n) is 5.94. The number of benzene rings is 3. The van der Waals surface area contributed by atoms with Crippen molar-refractivity contribution in [3.63, 3.8) is 0 Å². The van der Waals surface area contributed by atoms with Gasteiger partial charge < -0.3 is 4.74 Å². The molecule has 32 heavy (non-hydrogen) atoms. The van der Waals surface area contributed by atoms with Crippen LogP contribution in [-0.4, -0.2) is 19.2 Å². The quantitative estimate of drug-likeness (QED) is 0.158. The number of esters is 1. The average Bonchev–Trinajstić information content (AvgIpc) is 2.85. The number of ether oxygens (including phenoxy) is 1. The van der Waals surface area contributed by atoms with Crippen molar-refractivity contribution in [3.8, 4) is 0 Å². The van der Waals surface area contributed by atoms with Crippen LogP contribution in [0, 0.1) is 0 Å². The van der Waals surface area contributed by atoms with E-state index in [1.165, 1.54) is 54.9 Å². The van der Waals surface area contributed by atoms with Crippen LogP contribution < -0.4 is 15.9 Å². The van der Waals surface area contributed by atoms with E-state index in [0.29, 0.717) is 6.42 Å². The summed E-state index contributed by atoms with van der Waals surface area (Å²) >= 11 is 0. The normalized spacial score (nSPS) is 10.9. The summed E-state index contributed by atoms with van der Waals surface area (Å²) in [6.45, 7) is 0. The van der Waals surface area contributed by atoms with Crippen molar-refractivity contribution < 1.29 is 9.53 Å². The van der Waals surface area contributed by atoms with E-state index in [1.54, 1.807) is 0 Å². The number of methoxy groups -OCH3 is 1. The fraction of sp³-hybridized carbons (Fsp3) is 0.321. The molecule has 0 amide bonds. The van der Waals surface area contributed by atoms with Crippen molar-refractivity contribution in [3.05, 3.63) is 91.0 Å². The number of unbranched alkanes of at least 4 members (excludes halogenated alkanes) is 5. The first kappa shape index (κ1) is 26.3. The molecule has 0 spiro atoms. The Labute approximate surface area is 204 Å². The zero-order valence-electron chi connectivity index (χ0n) is 19.0. The van der Waals surface area contributed by atoms with E-state index in [1.807, 2.05) is 0 Å². The van der Waals surface area contributed by atoms with Crippen molar-refractivity contribution in [1.82, 2.24) is 0 Å². The summed E-state index contributed by atoms with van der Waals surface area (Å²) in [4.78, 5) is 11.2. The maximum absolute atomic E-state index is 11.2. The van der Waals surface area contributed by atoms with Crippen molar-refractivity contribution in [2.45, 2.75) is 44.9 Å². The Morgan fingerprint density at radius 3 is 1.41 bits per heavy atom. The summed E-state index contributed by atoms with van der Waals surface area (Å²) in [6, 6.07) is 33.3. The highest BCUT2D eigenvalue weighted by Crippen LogP contribution is 2.55. The van der Waals surface area contributed by atoms with Gasteiger partial charge in [0.25, 0.3) is 0 Å². The van der Waals surface area contributed by atoms with Crippen LogP contribution in [0.15, 0.2) is 91.0 Å². The highest BCUT2D eigenvalue weighted by molar-refractivity contribution is 8.93. The summed E-state index contributed by atoms with van der Waals surface area (Å²) in [5, 5.41) is 4.39. The van der Waals surface area contributed by atoms with Gasteiger partial charge in [-0.05, 0) is 55.7 Å². The lowest BCUT2D eigenvalue weighted by Crippen LogP contribution is -2.33. The fourth-order valence-electron chi connectivity index (χ4n) is 4.31. The minimum atomic E-state index is -1.69. The molecule has 0 aliphatic carbocycles. The van der Waals surface area contributed by atoms with E-state index >= 15 is 0 Å². The lowest BCUT2D eigenvalue weighted by molar-refractivity contribution is -0.140. The van der Waals surface area contributed by atoms with Gasteiger partial charge >= 0.3 is 5.97 Å². The van der Waals surface area contributed by atoms with Gasteiger partial charge in [0.05, 0.1) is 13.3 Å². The third kappa shape index (κ3) is 7.02. The summed E-state index contributed by atoms with van der Waals surface area (Å²) in [6.07, 6.45) is 8.61. The van der Waals surface area contributed by atoms with Crippen LogP contribution in [0.4, 0.5) is 0 Å². The van der Waals surface area contributed by atoms with Gasteiger partial charge in [0, 0.05) is 6.42 Å². The monoisotopic (exact) mass is 513 g/mol. The van der Waals surface area contributed by atoms with Crippen molar-refractivity contribution >= 4 is 46.1 Å². The molecule has 0 fully saturated rings. The molecule has 170 valence electrons. The van der Waals surface area contributed by atoms with Gasteiger partial charge in [-0.1, -0.05) is 73.9 Å². The molecule has 3 rings (SSSR count). The molecule has 0 aliphatic heterocycles. The number of hydrogen-bond acceptors (Lipinski definition) is 2. The molecule has 3 aromatic carbocycles. The van der Waals surface area contributed by atoms with Crippen LogP contribution >= 0.6 is 24.2 Å². The zero-order valence-corrected chi connectivity index (χ0v) is 21.6. The lowest BCUT2D eigenvalue weighted by atomic mass is 10.1. The Morgan fingerprint density at radius 1 is 0.625 bits per heavy atom. The molecule has 0 bridgehead atoms. The summed E-state index contributed by atoms with van der Waals surface area (Å²) in [7, 11) is -0.231. The number of carbonyl (C=O) groups is 1. The van der Waals surface area contributed by atoms with Gasteiger partial charge in [-0.2, -0.15) is 0 Å². The number of halogens is 1. The van der Waals surface area contributed by atoms with Gasteiger partial charge in [-0.3, -0.25) is 4.79 Å². The molecule has 2 nitrogen and oxygen atoms in total. The molecule has 0 aliphatic rings. The average molecular weight is 514 g/mol. The maximum atomic E-state index is 11.2. The summed E-state index contributed by atoms with van der Waals surface area (Å²) < 4.78 is 4.72. The van der Waals surface area contributed by atoms with Gasteiger partial charge in [-0.15, -0.1) is 17.0 Å². The van der Waals surface area contributed by atoms with Crippen LogP contribution in [0.1, 0.15) is 44.9 Å². The largest absolute Gasteiger partial charge is 0.469 e. The minimum Gasteiger partial charge on any atom is -0.469 e. The Hall–Kier alpha value is -1.96. The summed E-state index contributed by atoms with van der Waals surface area (Å²) in [5.74, 6) is -0.0943. The molecule has 0 radical (unpaired) electrons. The predicted octanol–water partition coefficient (Wildman–Crippen LogP) is 6.46. The van der Waals surface area contributed by atoms with E-state index in [-0.39, 0.29) is 23.0 Å². The van der Waals surface area contributed by atoms with Crippen LogP contribution in [0.5, 0.6) is 0 Å². The molecule has 0 saturated heterocycles. The van der Waals surface area contributed by atoms with Gasteiger partial charge in [0.2, 0.25) is 0 Å². The Kier molecular flexibility index (Phi) is 11.7. The van der Waals surface area contributed by atoms with Crippen LogP contribution in [0.2, 0.25) is 0 Å². The Morgan fingerprint density at radius 2 is 1.00 bits per heavy atom. The standard InChI is InChI=1S/C28H34O2P.BrH/c1-30-28(29)23-15-4-2-3-5-16-24-31(25-17-9-6-10-18-25,26-19-11-7-12-20-26)27-21-13-8-14-22-27;/h6-14,17-22H,2-5,15-16,23-24H2,1H3;1H/q+1;. The Balaban J connectivity index is 0.00000363. The second-order valence-corrected chi connectivity index (χ2v) is 11.6. The second-order valence-electron chi connectivity index (χ2n) is 7.99. The first-order valence-corrected chi connectivity index (χ1v) is 13.4. The molecule has 0 atom stereocenters. The first-order chi connectivity index (χ1) is 15.3. The van der Waals surface area contributed by atoms with Crippen molar-refractivity contribution in [2.75, 3.05) is 13.3 Å². The molecule has 3 aromatic rings. The minimum absolute atomic E-state index is 0. The first-order valence-electron chi connectivity index (χ1n) is 11.4. The number of rotatable bonds is 12. The van der Waals surface area contributed by atoms with Crippen molar-refractivity contribution in [2.24, 2.45) is 0 Å². The second kappa shape index (κ2) is 14.2. The van der Waals surface area contributed by atoms with E-state index in [0.717, 1.165) is 12.8 Å². The molecular formula is C28H35BrO2P+. The zero-order chi connectivity index (χ0) is 21.8. The number of carbonyl (C=O) groups excluding carboxylic acids is 1. The molecule has 0 N–H and O–H groups in total. The molecular weight excluding hydrogens is 479 g/mol. The molecule has 4 heteroatoms. The number of hydrogen-bond donors (Lipinski definition) is 0. The van der Waals surface area contributed by atoms with Crippen LogP contribution in [-0.2, 0) is 9.53 Å². The topological polar surface area (TPSA) is 26.3 Å². The van der Waals surface area contributed by atoms with E-state index in [9.17, 15) is 4.79 Å². The smallest absolute Gasteiger partial charge is 0.305 e. The highest BCUT2D eigenvalue weighted by Gasteiger charge is 2.44. The molecule has 0 unspecified atom stereocenters. The van der Waals surface area contributed by atoms with E-state index in [2.05, 4.69) is 91.0 Å². The van der Waals surface area contributed by atoms with Gasteiger partial charge in [0.1, 0.15) is 23.2 Å². The molecule has 0 heterocycles. The molecule has 0 saturated carbocycles. The SMILES string of the molecule is Br.COC(=O)CCCCCCCC[P+](c1ccccc1)(c1ccccc1)c1ccccc1. The van der Waals surface area contributed by atoms with Crippen LogP contribution in [0.3, 0.4) is 0 Å². The highest BCUT2D eigenvalue weighted by atomic mass is 79.9.